The van der Waals surface area contributed by atoms with Crippen molar-refractivity contribution in [2.24, 2.45) is 0 Å². The molecular weight excluding hydrogens is 220 g/mol. The van der Waals surface area contributed by atoms with Crippen molar-refractivity contribution in [3.8, 4) is 0 Å². The van der Waals surface area contributed by atoms with Crippen LogP contribution in [0.3, 0.4) is 0 Å². The maximum atomic E-state index is 4.37. The predicted molar refractivity (Wildman–Crippen MR) is 58.5 cm³/mol. The summed E-state index contributed by atoms with van der Waals surface area (Å²) in [5.41, 5.74) is 1.10. The summed E-state index contributed by atoms with van der Waals surface area (Å²) in [7, 11) is 0. The predicted octanol–water partition coefficient (Wildman–Crippen LogP) is 3.20. The lowest BCUT2D eigenvalue weighted by molar-refractivity contribution is 1.15. The third-order valence-corrected chi connectivity index (χ3v) is 4.51. The van der Waals surface area contributed by atoms with Gasteiger partial charge in [-0.25, -0.2) is 9.97 Å². The second-order valence-electron chi connectivity index (χ2n) is 2.47. The van der Waals surface area contributed by atoms with Gasteiger partial charge in [0.05, 0.1) is 5.75 Å². The van der Waals surface area contributed by atoms with Gasteiger partial charge >= 0.3 is 0 Å². The van der Waals surface area contributed by atoms with Crippen molar-refractivity contribution < 1.29 is 0 Å². The molecule has 0 aliphatic heterocycles. The first-order chi connectivity index (χ1) is 6.34. The topological polar surface area (TPSA) is 25.8 Å². The summed E-state index contributed by atoms with van der Waals surface area (Å²) < 4.78 is 1.13. The lowest BCUT2D eigenvalue weighted by atomic mass is 10.6. The van der Waals surface area contributed by atoms with Crippen LogP contribution in [-0.4, -0.2) is 9.97 Å². The van der Waals surface area contributed by atoms with Gasteiger partial charge in [-0.3, -0.25) is 0 Å². The summed E-state index contributed by atoms with van der Waals surface area (Å²) in [6.45, 7) is 2.02. The van der Waals surface area contributed by atoms with Gasteiger partial charge in [-0.2, -0.15) is 0 Å². The maximum Gasteiger partial charge on any atom is 0.150 e. The van der Waals surface area contributed by atoms with Crippen LogP contribution in [-0.2, 0) is 5.75 Å². The van der Waals surface area contributed by atoms with Crippen LogP contribution in [0.15, 0.2) is 21.3 Å². The normalized spacial score (nSPS) is 10.5. The molecule has 0 unspecified atom stereocenters. The molecule has 2 rings (SSSR count). The van der Waals surface area contributed by atoms with Crippen molar-refractivity contribution in [1.29, 1.82) is 0 Å². The first-order valence-corrected chi connectivity index (χ1v) is 6.52. The maximum absolute atomic E-state index is 4.37. The Morgan fingerprint density at radius 2 is 2.38 bits per heavy atom. The van der Waals surface area contributed by atoms with Crippen LogP contribution in [0.4, 0.5) is 0 Å². The second-order valence-corrected chi connectivity index (χ2v) is 5.53. The summed E-state index contributed by atoms with van der Waals surface area (Å²) in [6, 6.07) is 0. The Hall–Kier alpha value is -0.390. The van der Waals surface area contributed by atoms with Gasteiger partial charge in [0, 0.05) is 22.7 Å². The van der Waals surface area contributed by atoms with E-state index in [1.165, 1.54) is 0 Å². The van der Waals surface area contributed by atoms with Gasteiger partial charge in [0.1, 0.15) is 5.01 Å². The number of aromatic nitrogens is 2. The van der Waals surface area contributed by atoms with Gasteiger partial charge in [0.2, 0.25) is 0 Å². The number of hydrogen-bond acceptors (Lipinski definition) is 5. The van der Waals surface area contributed by atoms with Crippen molar-refractivity contribution in [3.05, 3.63) is 27.7 Å². The third-order valence-electron chi connectivity index (χ3n) is 1.40. The van der Waals surface area contributed by atoms with Crippen molar-refractivity contribution in [3.63, 3.8) is 0 Å². The second kappa shape index (κ2) is 4.21. The lowest BCUT2D eigenvalue weighted by Gasteiger charge is -1.91. The minimum absolute atomic E-state index is 0.935. The Morgan fingerprint density at radius 1 is 1.46 bits per heavy atom. The van der Waals surface area contributed by atoms with Crippen molar-refractivity contribution in [2.75, 3.05) is 0 Å². The van der Waals surface area contributed by atoms with Gasteiger partial charge in [-0.05, 0) is 6.92 Å². The Kier molecular flexibility index (Phi) is 2.97. The van der Waals surface area contributed by atoms with E-state index in [0.29, 0.717) is 0 Å². The number of thioether (sulfide) groups is 1. The third kappa shape index (κ3) is 2.52. The highest BCUT2D eigenvalue weighted by Crippen LogP contribution is 2.26. The Bertz CT molecular complexity index is 366. The summed E-state index contributed by atoms with van der Waals surface area (Å²) in [6.07, 6.45) is 1.84. The minimum atomic E-state index is 0.935. The Morgan fingerprint density at radius 3 is 3.00 bits per heavy atom. The van der Waals surface area contributed by atoms with Crippen molar-refractivity contribution in [2.45, 2.75) is 17.0 Å². The molecule has 0 bridgehead atoms. The minimum Gasteiger partial charge on any atom is -0.249 e. The van der Waals surface area contributed by atoms with Gasteiger partial charge in [-0.15, -0.1) is 22.7 Å². The fraction of sp³-hybridized carbons (Fsp3) is 0.250. The molecule has 5 heteroatoms. The van der Waals surface area contributed by atoms with Crippen LogP contribution in [0.1, 0.15) is 10.7 Å². The molecule has 0 amide bonds. The molecule has 0 aliphatic carbocycles. The van der Waals surface area contributed by atoms with Gasteiger partial charge in [-0.1, -0.05) is 11.8 Å². The first-order valence-electron chi connectivity index (χ1n) is 3.78. The van der Waals surface area contributed by atoms with Crippen molar-refractivity contribution in [1.82, 2.24) is 9.97 Å². The monoisotopic (exact) mass is 228 g/mol. The average molecular weight is 228 g/mol. The molecule has 2 aromatic rings. The van der Waals surface area contributed by atoms with Crippen LogP contribution in [0, 0.1) is 6.92 Å². The number of aryl methyl sites for hydroxylation is 1. The van der Waals surface area contributed by atoms with Crippen LogP contribution < -0.4 is 0 Å². The molecule has 0 radical (unpaired) electrons. The number of rotatable bonds is 3. The largest absolute Gasteiger partial charge is 0.249 e. The highest BCUT2D eigenvalue weighted by molar-refractivity contribution is 8.00. The van der Waals surface area contributed by atoms with Crippen LogP contribution in [0.5, 0.6) is 0 Å². The SMILES string of the molecule is Cc1csc(SCc2nccs2)n1. The highest BCUT2D eigenvalue weighted by atomic mass is 32.2. The van der Waals surface area contributed by atoms with Crippen LogP contribution in [0.25, 0.3) is 0 Å². The molecule has 2 nitrogen and oxygen atoms in total. The van der Waals surface area contributed by atoms with E-state index in [4.69, 9.17) is 0 Å². The molecule has 68 valence electrons. The molecule has 0 spiro atoms. The fourth-order valence-corrected chi connectivity index (χ4v) is 3.34. The first kappa shape index (κ1) is 9.18. The molecule has 2 aromatic heterocycles. The zero-order valence-corrected chi connectivity index (χ0v) is 9.51. The Labute approximate surface area is 89.1 Å². The van der Waals surface area contributed by atoms with E-state index >= 15 is 0 Å². The lowest BCUT2D eigenvalue weighted by Crippen LogP contribution is -1.77. The smallest absolute Gasteiger partial charge is 0.150 e. The molecule has 0 aliphatic rings. The molecule has 0 atom stereocenters. The van der Waals surface area contributed by atoms with E-state index in [1.807, 2.05) is 18.5 Å². The molecule has 13 heavy (non-hydrogen) atoms. The number of thiazole rings is 2. The molecular formula is C8H8N2S3. The molecule has 0 saturated heterocycles. The molecule has 0 N–H and O–H groups in total. The van der Waals surface area contributed by atoms with Crippen molar-refractivity contribution >= 4 is 34.4 Å². The quantitative estimate of drug-likeness (QED) is 0.754. The van der Waals surface area contributed by atoms with Crippen LogP contribution >= 0.6 is 34.4 Å². The zero-order chi connectivity index (χ0) is 9.10. The number of hydrogen-bond donors (Lipinski definition) is 0. The molecule has 0 fully saturated rings. The summed E-state index contributed by atoms with van der Waals surface area (Å²) in [5, 5.41) is 5.24. The Balaban J connectivity index is 1.93. The van der Waals surface area contributed by atoms with E-state index in [2.05, 4.69) is 15.3 Å². The zero-order valence-electron chi connectivity index (χ0n) is 7.06. The molecule has 2 heterocycles. The van der Waals surface area contributed by atoms with E-state index in [0.717, 1.165) is 20.8 Å². The van der Waals surface area contributed by atoms with E-state index < -0.39 is 0 Å². The standard InChI is InChI=1S/C8H8N2S3/c1-6-4-12-8(10-6)13-5-7-9-2-3-11-7/h2-4H,5H2,1H3. The average Bonchev–Trinajstić information content (AvgIpc) is 2.71. The number of nitrogens with zero attached hydrogens (tertiary/aromatic N) is 2. The highest BCUT2D eigenvalue weighted by Gasteiger charge is 2.01. The fourth-order valence-electron chi connectivity index (χ4n) is 0.846. The van der Waals surface area contributed by atoms with E-state index in [-0.39, 0.29) is 0 Å². The summed E-state index contributed by atoms with van der Waals surface area (Å²) in [4.78, 5) is 8.58. The molecule has 0 saturated carbocycles. The van der Waals surface area contributed by atoms with Gasteiger partial charge in [0.25, 0.3) is 0 Å². The van der Waals surface area contributed by atoms with Gasteiger partial charge < -0.3 is 0 Å². The van der Waals surface area contributed by atoms with E-state index in [1.54, 1.807) is 34.4 Å². The van der Waals surface area contributed by atoms with Crippen LogP contribution in [0.2, 0.25) is 0 Å². The molecule has 0 aromatic carbocycles. The van der Waals surface area contributed by atoms with E-state index in [9.17, 15) is 0 Å². The summed E-state index contributed by atoms with van der Waals surface area (Å²) in [5.74, 6) is 0.935. The van der Waals surface area contributed by atoms with Gasteiger partial charge in [0.15, 0.2) is 4.34 Å². The summed E-state index contributed by atoms with van der Waals surface area (Å²) >= 11 is 5.15.